The van der Waals surface area contributed by atoms with Gasteiger partial charge in [0, 0.05) is 13.2 Å². The number of rotatable bonds is 4. The first-order valence-electron chi connectivity index (χ1n) is 5.23. The average molecular weight is 267 g/mol. The van der Waals surface area contributed by atoms with Crippen molar-refractivity contribution in [2.75, 3.05) is 4.72 Å². The van der Waals surface area contributed by atoms with Gasteiger partial charge in [0.1, 0.15) is 0 Å². The van der Waals surface area contributed by atoms with Gasteiger partial charge in [-0.05, 0) is 11.6 Å². The number of nitrogens with one attached hydrogen (secondary N) is 1. The maximum atomic E-state index is 12.1. The monoisotopic (exact) mass is 267 g/mol. The van der Waals surface area contributed by atoms with Crippen molar-refractivity contribution < 1.29 is 13.5 Å². The summed E-state index contributed by atoms with van der Waals surface area (Å²) in [4.78, 5) is 0.0661. The molecule has 2 N–H and O–H groups in total. The first kappa shape index (κ1) is 12.6. The van der Waals surface area contributed by atoms with E-state index in [1.165, 1.54) is 16.9 Å². The molecule has 96 valence electrons. The maximum absolute atomic E-state index is 12.1. The molecular formula is C11H13N3O3S. The molecule has 0 radical (unpaired) electrons. The van der Waals surface area contributed by atoms with E-state index in [-0.39, 0.29) is 11.5 Å². The fourth-order valence-corrected chi connectivity index (χ4v) is 2.84. The first-order valence-corrected chi connectivity index (χ1v) is 6.71. The predicted octanol–water partition coefficient (Wildman–Crippen LogP) is 0.713. The average Bonchev–Trinajstić information content (AvgIpc) is 2.74. The topological polar surface area (TPSA) is 84.2 Å². The van der Waals surface area contributed by atoms with Crippen LogP contribution >= 0.6 is 0 Å². The van der Waals surface area contributed by atoms with Crippen molar-refractivity contribution in [1.29, 1.82) is 0 Å². The summed E-state index contributed by atoms with van der Waals surface area (Å²) in [6.07, 6.45) is 2.97. The number of aliphatic hydroxyl groups is 1. The van der Waals surface area contributed by atoms with Crippen LogP contribution in [-0.2, 0) is 23.7 Å². The van der Waals surface area contributed by atoms with Crippen LogP contribution in [0.2, 0.25) is 0 Å². The number of benzene rings is 1. The summed E-state index contributed by atoms with van der Waals surface area (Å²) in [6.45, 7) is -0.329. The molecule has 0 fully saturated rings. The number of nitrogens with zero attached hydrogens (tertiary/aromatic N) is 2. The highest BCUT2D eigenvalue weighted by Crippen LogP contribution is 2.19. The predicted molar refractivity (Wildman–Crippen MR) is 66.4 cm³/mol. The van der Waals surface area contributed by atoms with E-state index in [9.17, 15) is 8.42 Å². The number of aromatic nitrogens is 2. The molecule has 18 heavy (non-hydrogen) atoms. The summed E-state index contributed by atoms with van der Waals surface area (Å²) < 4.78 is 28.2. The Hall–Kier alpha value is -1.86. The Morgan fingerprint density at radius 1 is 1.39 bits per heavy atom. The first-order chi connectivity index (χ1) is 8.53. The van der Waals surface area contributed by atoms with Gasteiger partial charge in [-0.1, -0.05) is 18.2 Å². The van der Waals surface area contributed by atoms with Crippen molar-refractivity contribution in [1.82, 2.24) is 9.78 Å². The zero-order chi connectivity index (χ0) is 13.2. The zero-order valence-electron chi connectivity index (χ0n) is 9.74. The molecule has 2 aromatic rings. The van der Waals surface area contributed by atoms with Gasteiger partial charge >= 0.3 is 0 Å². The van der Waals surface area contributed by atoms with Gasteiger partial charge in [0.05, 0.1) is 23.4 Å². The number of aliphatic hydroxyl groups excluding tert-OH is 1. The lowest BCUT2D eigenvalue weighted by Gasteiger charge is -2.09. The third-order valence-corrected chi connectivity index (χ3v) is 3.87. The third-order valence-electron chi connectivity index (χ3n) is 2.39. The number of sulfonamides is 1. The van der Waals surface area contributed by atoms with Crippen molar-refractivity contribution >= 4 is 15.7 Å². The van der Waals surface area contributed by atoms with Crippen LogP contribution in [-0.4, -0.2) is 23.3 Å². The molecule has 0 aliphatic heterocycles. The summed E-state index contributed by atoms with van der Waals surface area (Å²) in [5, 5.41) is 13.0. The molecule has 7 heteroatoms. The molecule has 0 bridgehead atoms. The van der Waals surface area contributed by atoms with E-state index in [0.717, 1.165) is 0 Å². The second-order valence-electron chi connectivity index (χ2n) is 3.77. The quantitative estimate of drug-likeness (QED) is 0.854. The number of hydrogen-bond acceptors (Lipinski definition) is 4. The lowest BCUT2D eigenvalue weighted by molar-refractivity contribution is 0.278. The molecule has 0 aliphatic carbocycles. The lowest BCUT2D eigenvalue weighted by atomic mass is 10.2. The van der Waals surface area contributed by atoms with E-state index in [0.29, 0.717) is 11.3 Å². The molecule has 0 spiro atoms. The molecule has 2 rings (SSSR count). The van der Waals surface area contributed by atoms with Crippen LogP contribution in [0.5, 0.6) is 0 Å². The molecule has 1 aromatic carbocycles. The summed E-state index contributed by atoms with van der Waals surface area (Å²) in [5.41, 5.74) is 0.735. The van der Waals surface area contributed by atoms with Gasteiger partial charge in [0.25, 0.3) is 10.0 Å². The summed E-state index contributed by atoms with van der Waals surface area (Å²) in [6, 6.07) is 6.30. The largest absolute Gasteiger partial charge is 0.392 e. The molecule has 0 aliphatic rings. The highest BCUT2D eigenvalue weighted by molar-refractivity contribution is 7.92. The van der Waals surface area contributed by atoms with Crippen molar-refractivity contribution in [2.24, 2.45) is 7.05 Å². The molecule has 0 amide bonds. The van der Waals surface area contributed by atoms with Gasteiger partial charge in [-0.15, -0.1) is 0 Å². The van der Waals surface area contributed by atoms with E-state index in [1.54, 1.807) is 31.4 Å². The fourth-order valence-electron chi connectivity index (χ4n) is 1.58. The standard InChI is InChI=1S/C11H13N3O3S/c1-14-7-10(6-12-14)13-18(16,17)11-5-3-2-4-9(11)8-15/h2-7,13,15H,8H2,1H3. The van der Waals surface area contributed by atoms with E-state index in [1.807, 2.05) is 0 Å². The minimum atomic E-state index is -3.71. The molecule has 6 nitrogen and oxygen atoms in total. The van der Waals surface area contributed by atoms with Crippen LogP contribution in [0, 0.1) is 0 Å². The van der Waals surface area contributed by atoms with Gasteiger partial charge < -0.3 is 5.11 Å². The summed E-state index contributed by atoms with van der Waals surface area (Å²) >= 11 is 0. The smallest absolute Gasteiger partial charge is 0.262 e. The SMILES string of the molecule is Cn1cc(NS(=O)(=O)c2ccccc2CO)cn1. The lowest BCUT2D eigenvalue weighted by Crippen LogP contribution is -2.14. The minimum absolute atomic E-state index is 0.0661. The second kappa shape index (κ2) is 4.79. The highest BCUT2D eigenvalue weighted by atomic mass is 32.2. The van der Waals surface area contributed by atoms with E-state index in [4.69, 9.17) is 5.11 Å². The number of hydrogen-bond donors (Lipinski definition) is 2. The zero-order valence-corrected chi connectivity index (χ0v) is 10.6. The van der Waals surface area contributed by atoms with Crippen molar-refractivity contribution in [2.45, 2.75) is 11.5 Å². The highest BCUT2D eigenvalue weighted by Gasteiger charge is 2.18. The summed E-state index contributed by atoms with van der Waals surface area (Å²) in [5.74, 6) is 0. The number of aryl methyl sites for hydroxylation is 1. The Morgan fingerprint density at radius 2 is 2.11 bits per heavy atom. The third kappa shape index (κ3) is 2.52. The second-order valence-corrected chi connectivity index (χ2v) is 5.42. The van der Waals surface area contributed by atoms with Gasteiger partial charge in [-0.3, -0.25) is 9.40 Å². The Kier molecular flexibility index (Phi) is 3.35. The molecule has 0 saturated heterocycles. The van der Waals surface area contributed by atoms with E-state index >= 15 is 0 Å². The Morgan fingerprint density at radius 3 is 2.72 bits per heavy atom. The number of anilines is 1. The van der Waals surface area contributed by atoms with Crippen molar-refractivity contribution in [3.05, 3.63) is 42.2 Å². The Bertz CT molecular complexity index is 649. The molecule has 1 aromatic heterocycles. The van der Waals surface area contributed by atoms with Gasteiger partial charge in [0.2, 0.25) is 0 Å². The van der Waals surface area contributed by atoms with Crippen molar-refractivity contribution in [3.8, 4) is 0 Å². The Labute approximate surface area is 105 Å². The van der Waals surface area contributed by atoms with Gasteiger partial charge in [0.15, 0.2) is 0 Å². The molecule has 1 heterocycles. The molecule has 0 unspecified atom stereocenters. The van der Waals surface area contributed by atoms with Gasteiger partial charge in [-0.25, -0.2) is 8.42 Å². The minimum Gasteiger partial charge on any atom is -0.392 e. The van der Waals surface area contributed by atoms with E-state index < -0.39 is 10.0 Å². The summed E-state index contributed by atoms with van der Waals surface area (Å²) in [7, 11) is -2.01. The van der Waals surface area contributed by atoms with Crippen LogP contribution in [0.15, 0.2) is 41.6 Å². The molecule has 0 saturated carbocycles. The fraction of sp³-hybridized carbons (Fsp3) is 0.182. The molecule has 0 atom stereocenters. The van der Waals surface area contributed by atoms with Crippen LogP contribution in [0.25, 0.3) is 0 Å². The van der Waals surface area contributed by atoms with Crippen LogP contribution in [0.3, 0.4) is 0 Å². The van der Waals surface area contributed by atoms with Crippen LogP contribution < -0.4 is 4.72 Å². The van der Waals surface area contributed by atoms with Gasteiger partial charge in [-0.2, -0.15) is 5.10 Å². The van der Waals surface area contributed by atoms with Crippen molar-refractivity contribution in [3.63, 3.8) is 0 Å². The normalized spacial score (nSPS) is 11.4. The maximum Gasteiger partial charge on any atom is 0.262 e. The Balaban J connectivity index is 2.36. The molecular weight excluding hydrogens is 254 g/mol. The van der Waals surface area contributed by atoms with Crippen LogP contribution in [0.1, 0.15) is 5.56 Å². The van der Waals surface area contributed by atoms with Crippen LogP contribution in [0.4, 0.5) is 5.69 Å². The van der Waals surface area contributed by atoms with E-state index in [2.05, 4.69) is 9.82 Å².